The fourth-order valence-electron chi connectivity index (χ4n) is 1.62. The summed E-state index contributed by atoms with van der Waals surface area (Å²) in [6.07, 6.45) is 0.788. The van der Waals surface area contributed by atoms with Crippen molar-refractivity contribution >= 4 is 15.7 Å². The van der Waals surface area contributed by atoms with Crippen molar-refractivity contribution in [2.45, 2.75) is 32.1 Å². The Hall–Kier alpha value is -1.07. The number of hydrogen-bond donors (Lipinski definition) is 1. The van der Waals surface area contributed by atoms with E-state index < -0.39 is 10.0 Å². The van der Waals surface area contributed by atoms with Crippen molar-refractivity contribution in [3.8, 4) is 0 Å². The molecule has 1 aromatic carbocycles. The van der Waals surface area contributed by atoms with Crippen LogP contribution in [0.5, 0.6) is 0 Å². The SMILES string of the molecule is CCCN(C)S(=O)(=O)c1cc(C)c(C)c(N)c1. The van der Waals surface area contributed by atoms with Gasteiger partial charge in [0.25, 0.3) is 0 Å². The van der Waals surface area contributed by atoms with Gasteiger partial charge in [0.2, 0.25) is 10.0 Å². The van der Waals surface area contributed by atoms with E-state index in [0.29, 0.717) is 12.2 Å². The molecule has 0 aromatic heterocycles. The lowest BCUT2D eigenvalue weighted by Gasteiger charge is -2.17. The van der Waals surface area contributed by atoms with E-state index in [0.717, 1.165) is 17.5 Å². The predicted molar refractivity (Wildman–Crippen MR) is 70.4 cm³/mol. The molecule has 0 radical (unpaired) electrons. The van der Waals surface area contributed by atoms with E-state index >= 15 is 0 Å². The molecule has 0 aliphatic rings. The Kier molecular flexibility index (Phi) is 4.16. The highest BCUT2D eigenvalue weighted by Crippen LogP contribution is 2.23. The second-order valence-corrected chi connectivity index (χ2v) is 6.33. The molecule has 0 fully saturated rings. The smallest absolute Gasteiger partial charge is 0.242 e. The molecule has 0 amide bonds. The molecule has 1 rings (SSSR count). The molecule has 1 aromatic rings. The van der Waals surface area contributed by atoms with E-state index in [2.05, 4.69) is 0 Å². The molecule has 96 valence electrons. The van der Waals surface area contributed by atoms with E-state index in [-0.39, 0.29) is 4.90 Å². The van der Waals surface area contributed by atoms with Crippen LogP contribution >= 0.6 is 0 Å². The van der Waals surface area contributed by atoms with Gasteiger partial charge in [0.05, 0.1) is 4.90 Å². The first kappa shape index (κ1) is 14.0. The highest BCUT2D eigenvalue weighted by Gasteiger charge is 2.21. The van der Waals surface area contributed by atoms with E-state index in [1.807, 2.05) is 20.8 Å². The fraction of sp³-hybridized carbons (Fsp3) is 0.500. The fourth-order valence-corrected chi connectivity index (χ4v) is 3.00. The van der Waals surface area contributed by atoms with Gasteiger partial charge >= 0.3 is 0 Å². The molecule has 0 aliphatic heterocycles. The molecule has 0 aliphatic carbocycles. The second-order valence-electron chi connectivity index (χ2n) is 4.28. The van der Waals surface area contributed by atoms with E-state index in [1.54, 1.807) is 13.1 Å². The zero-order valence-electron chi connectivity index (χ0n) is 10.8. The van der Waals surface area contributed by atoms with Crippen LogP contribution in [0.3, 0.4) is 0 Å². The van der Waals surface area contributed by atoms with Gasteiger partial charge in [-0.25, -0.2) is 12.7 Å². The zero-order valence-corrected chi connectivity index (χ0v) is 11.6. The summed E-state index contributed by atoms with van der Waals surface area (Å²) in [4.78, 5) is 0.272. The molecule has 0 atom stereocenters. The zero-order chi connectivity index (χ0) is 13.2. The number of rotatable bonds is 4. The summed E-state index contributed by atoms with van der Waals surface area (Å²) in [5.74, 6) is 0. The van der Waals surface area contributed by atoms with Gasteiger partial charge in [-0.3, -0.25) is 0 Å². The summed E-state index contributed by atoms with van der Waals surface area (Å²) < 4.78 is 25.8. The topological polar surface area (TPSA) is 63.4 Å². The van der Waals surface area contributed by atoms with E-state index in [1.165, 1.54) is 10.4 Å². The minimum Gasteiger partial charge on any atom is -0.398 e. The number of aryl methyl sites for hydroxylation is 1. The van der Waals surface area contributed by atoms with Crippen molar-refractivity contribution in [1.82, 2.24) is 4.31 Å². The minimum absolute atomic E-state index is 0.272. The van der Waals surface area contributed by atoms with Crippen LogP contribution in [0.2, 0.25) is 0 Å². The lowest BCUT2D eigenvalue weighted by Crippen LogP contribution is -2.27. The van der Waals surface area contributed by atoms with Crippen molar-refractivity contribution in [3.05, 3.63) is 23.3 Å². The first-order valence-electron chi connectivity index (χ1n) is 5.63. The van der Waals surface area contributed by atoms with Gasteiger partial charge in [0, 0.05) is 19.3 Å². The molecule has 0 saturated heterocycles. The molecule has 0 bridgehead atoms. The highest BCUT2D eigenvalue weighted by molar-refractivity contribution is 7.89. The Morgan fingerprint density at radius 3 is 2.35 bits per heavy atom. The van der Waals surface area contributed by atoms with Crippen LogP contribution < -0.4 is 5.73 Å². The average molecular weight is 256 g/mol. The van der Waals surface area contributed by atoms with Gasteiger partial charge in [-0.2, -0.15) is 0 Å². The predicted octanol–water partition coefficient (Wildman–Crippen LogP) is 1.92. The minimum atomic E-state index is -3.41. The summed E-state index contributed by atoms with van der Waals surface area (Å²) >= 11 is 0. The van der Waals surface area contributed by atoms with Crippen molar-refractivity contribution in [1.29, 1.82) is 0 Å². The second kappa shape index (κ2) is 5.06. The highest BCUT2D eigenvalue weighted by atomic mass is 32.2. The Morgan fingerprint density at radius 2 is 1.88 bits per heavy atom. The molecular weight excluding hydrogens is 236 g/mol. The molecule has 4 nitrogen and oxygen atoms in total. The van der Waals surface area contributed by atoms with Crippen molar-refractivity contribution < 1.29 is 8.42 Å². The maximum atomic E-state index is 12.2. The maximum Gasteiger partial charge on any atom is 0.242 e. The van der Waals surface area contributed by atoms with Crippen LogP contribution in [0, 0.1) is 13.8 Å². The van der Waals surface area contributed by atoms with Gasteiger partial charge in [-0.1, -0.05) is 6.92 Å². The van der Waals surface area contributed by atoms with Crippen LogP contribution in [0.15, 0.2) is 17.0 Å². The quantitative estimate of drug-likeness (QED) is 0.837. The summed E-state index contributed by atoms with van der Waals surface area (Å²) in [7, 11) is -1.82. The van der Waals surface area contributed by atoms with Crippen LogP contribution in [-0.2, 0) is 10.0 Å². The van der Waals surface area contributed by atoms with Gasteiger partial charge in [0.15, 0.2) is 0 Å². The number of hydrogen-bond acceptors (Lipinski definition) is 3. The summed E-state index contributed by atoms with van der Waals surface area (Å²) in [5.41, 5.74) is 8.16. The Bertz CT molecular complexity index is 486. The molecule has 0 unspecified atom stereocenters. The molecule has 17 heavy (non-hydrogen) atoms. The number of nitrogens with two attached hydrogens (primary N) is 1. The van der Waals surface area contributed by atoms with E-state index in [4.69, 9.17) is 5.73 Å². The lowest BCUT2D eigenvalue weighted by molar-refractivity contribution is 0.468. The molecule has 5 heteroatoms. The maximum absolute atomic E-state index is 12.2. The lowest BCUT2D eigenvalue weighted by atomic mass is 10.1. The summed E-state index contributed by atoms with van der Waals surface area (Å²) in [6.45, 7) is 6.21. The summed E-state index contributed by atoms with van der Waals surface area (Å²) in [5, 5.41) is 0. The molecule has 2 N–H and O–H groups in total. The van der Waals surface area contributed by atoms with E-state index in [9.17, 15) is 8.42 Å². The Morgan fingerprint density at radius 1 is 1.29 bits per heavy atom. The van der Waals surface area contributed by atoms with Gasteiger partial charge in [-0.05, 0) is 43.5 Å². The van der Waals surface area contributed by atoms with Crippen LogP contribution in [0.4, 0.5) is 5.69 Å². The number of sulfonamides is 1. The number of anilines is 1. The third kappa shape index (κ3) is 2.79. The first-order chi connectivity index (χ1) is 7.80. The van der Waals surface area contributed by atoms with Crippen molar-refractivity contribution in [2.24, 2.45) is 0 Å². The standard InChI is InChI=1S/C12H20N2O2S/c1-5-6-14(4)17(15,16)11-7-9(2)10(3)12(13)8-11/h7-8H,5-6,13H2,1-4H3. The third-order valence-electron chi connectivity index (χ3n) is 2.93. The van der Waals surface area contributed by atoms with Crippen LogP contribution in [0.1, 0.15) is 24.5 Å². The average Bonchev–Trinajstić information content (AvgIpc) is 2.25. The normalized spacial score (nSPS) is 12.1. The monoisotopic (exact) mass is 256 g/mol. The molecule has 0 heterocycles. The molecule has 0 saturated carbocycles. The molecule has 0 spiro atoms. The first-order valence-corrected chi connectivity index (χ1v) is 7.07. The Labute approximate surface area is 103 Å². The number of benzene rings is 1. The Balaban J connectivity index is 3.25. The van der Waals surface area contributed by atoms with Gasteiger partial charge in [-0.15, -0.1) is 0 Å². The van der Waals surface area contributed by atoms with Crippen LogP contribution in [-0.4, -0.2) is 26.3 Å². The molecular formula is C12H20N2O2S. The number of nitrogen functional groups attached to an aromatic ring is 1. The van der Waals surface area contributed by atoms with Gasteiger partial charge < -0.3 is 5.73 Å². The van der Waals surface area contributed by atoms with Gasteiger partial charge in [0.1, 0.15) is 0 Å². The third-order valence-corrected chi connectivity index (χ3v) is 4.76. The summed E-state index contributed by atoms with van der Waals surface area (Å²) in [6, 6.07) is 3.21. The van der Waals surface area contributed by atoms with Crippen LogP contribution in [0.25, 0.3) is 0 Å². The largest absolute Gasteiger partial charge is 0.398 e. The number of nitrogens with zero attached hydrogens (tertiary/aromatic N) is 1. The van der Waals surface area contributed by atoms with Crippen molar-refractivity contribution in [3.63, 3.8) is 0 Å². The van der Waals surface area contributed by atoms with Crippen molar-refractivity contribution in [2.75, 3.05) is 19.3 Å².